The second-order valence-electron chi connectivity index (χ2n) is 7.64. The molecule has 0 aromatic heterocycles. The molecule has 26 heavy (non-hydrogen) atoms. The third-order valence-electron chi connectivity index (χ3n) is 5.79. The highest BCUT2D eigenvalue weighted by molar-refractivity contribution is 6.32. The topological polar surface area (TPSA) is 42.0 Å². The SMILES string of the molecule is O=C(c1cc(Cl)c2c(c1)OCO2)N1CCCN(CC2CCCCC2)CC1. The molecule has 0 bridgehead atoms. The molecule has 1 aromatic carbocycles. The zero-order valence-corrected chi connectivity index (χ0v) is 16.0. The number of hydrogen-bond donors (Lipinski definition) is 0. The summed E-state index contributed by atoms with van der Waals surface area (Å²) in [6.07, 6.45) is 7.93. The van der Waals surface area contributed by atoms with Gasteiger partial charge >= 0.3 is 0 Å². The van der Waals surface area contributed by atoms with E-state index in [4.69, 9.17) is 21.1 Å². The van der Waals surface area contributed by atoms with Crippen LogP contribution in [0.4, 0.5) is 0 Å². The van der Waals surface area contributed by atoms with Gasteiger partial charge in [-0.3, -0.25) is 4.79 Å². The van der Waals surface area contributed by atoms with Gasteiger partial charge in [-0.05, 0) is 43.9 Å². The molecule has 0 atom stereocenters. The van der Waals surface area contributed by atoms with Gasteiger partial charge in [-0.15, -0.1) is 0 Å². The highest BCUT2D eigenvalue weighted by Gasteiger charge is 2.26. The summed E-state index contributed by atoms with van der Waals surface area (Å²) in [6.45, 7) is 4.97. The van der Waals surface area contributed by atoms with Crippen LogP contribution in [-0.4, -0.2) is 55.2 Å². The number of carbonyl (C=O) groups is 1. The Labute approximate surface area is 160 Å². The third kappa shape index (κ3) is 3.94. The molecule has 4 rings (SSSR count). The molecule has 3 aliphatic rings. The minimum Gasteiger partial charge on any atom is -0.454 e. The van der Waals surface area contributed by atoms with Crippen molar-refractivity contribution in [2.24, 2.45) is 5.92 Å². The highest BCUT2D eigenvalue weighted by atomic mass is 35.5. The number of halogens is 1. The van der Waals surface area contributed by atoms with Gasteiger partial charge in [0.05, 0.1) is 5.02 Å². The van der Waals surface area contributed by atoms with E-state index in [9.17, 15) is 4.79 Å². The maximum atomic E-state index is 13.0. The first kappa shape index (κ1) is 17.9. The number of amides is 1. The lowest BCUT2D eigenvalue weighted by atomic mass is 9.89. The van der Waals surface area contributed by atoms with E-state index in [1.165, 1.54) is 38.6 Å². The van der Waals surface area contributed by atoms with Gasteiger partial charge in [-0.25, -0.2) is 0 Å². The van der Waals surface area contributed by atoms with Crippen LogP contribution in [0, 0.1) is 5.92 Å². The molecule has 0 N–H and O–H groups in total. The second-order valence-corrected chi connectivity index (χ2v) is 8.05. The molecular formula is C20H27ClN2O3. The lowest BCUT2D eigenvalue weighted by molar-refractivity contribution is 0.0759. The number of fused-ring (bicyclic) bond motifs is 1. The summed E-state index contributed by atoms with van der Waals surface area (Å²) in [7, 11) is 0. The number of carbonyl (C=O) groups excluding carboxylic acids is 1. The van der Waals surface area contributed by atoms with Gasteiger partial charge in [0.1, 0.15) is 0 Å². The second kappa shape index (κ2) is 8.05. The molecule has 2 aliphatic heterocycles. The van der Waals surface area contributed by atoms with E-state index in [2.05, 4.69) is 4.90 Å². The fourth-order valence-corrected chi connectivity index (χ4v) is 4.63. The van der Waals surface area contributed by atoms with E-state index in [1.807, 2.05) is 4.90 Å². The molecule has 1 saturated carbocycles. The Balaban J connectivity index is 1.37. The van der Waals surface area contributed by atoms with Crippen LogP contribution >= 0.6 is 11.6 Å². The van der Waals surface area contributed by atoms with Gasteiger partial charge in [0, 0.05) is 31.7 Å². The number of nitrogens with zero attached hydrogens (tertiary/aromatic N) is 2. The summed E-state index contributed by atoms with van der Waals surface area (Å²) in [4.78, 5) is 17.5. The number of rotatable bonds is 3. The average Bonchev–Trinajstić information content (AvgIpc) is 3.02. The zero-order valence-electron chi connectivity index (χ0n) is 15.2. The third-order valence-corrected chi connectivity index (χ3v) is 6.07. The molecule has 2 heterocycles. The normalized spacial score (nSPS) is 21.7. The van der Waals surface area contributed by atoms with E-state index in [0.29, 0.717) is 22.1 Å². The first-order valence-electron chi connectivity index (χ1n) is 9.81. The molecule has 1 saturated heterocycles. The molecule has 2 fully saturated rings. The van der Waals surface area contributed by atoms with Gasteiger partial charge in [0.2, 0.25) is 6.79 Å². The van der Waals surface area contributed by atoms with Crippen LogP contribution in [0.5, 0.6) is 11.5 Å². The predicted molar refractivity (Wildman–Crippen MR) is 101 cm³/mol. The monoisotopic (exact) mass is 378 g/mol. The van der Waals surface area contributed by atoms with Crippen molar-refractivity contribution in [2.75, 3.05) is 39.5 Å². The van der Waals surface area contributed by atoms with Crippen molar-refractivity contribution in [2.45, 2.75) is 38.5 Å². The maximum Gasteiger partial charge on any atom is 0.254 e. The first-order valence-corrected chi connectivity index (χ1v) is 10.2. The van der Waals surface area contributed by atoms with Crippen LogP contribution in [0.25, 0.3) is 0 Å². The van der Waals surface area contributed by atoms with Gasteiger partial charge in [-0.2, -0.15) is 0 Å². The predicted octanol–water partition coefficient (Wildman–Crippen LogP) is 3.80. The Morgan fingerprint density at radius 3 is 2.73 bits per heavy atom. The quantitative estimate of drug-likeness (QED) is 0.802. The van der Waals surface area contributed by atoms with E-state index >= 15 is 0 Å². The van der Waals surface area contributed by atoms with Crippen molar-refractivity contribution in [3.8, 4) is 11.5 Å². The van der Waals surface area contributed by atoms with E-state index in [1.54, 1.807) is 12.1 Å². The van der Waals surface area contributed by atoms with Crippen LogP contribution in [0.15, 0.2) is 12.1 Å². The molecular weight excluding hydrogens is 352 g/mol. The van der Waals surface area contributed by atoms with Crippen molar-refractivity contribution in [1.82, 2.24) is 9.80 Å². The van der Waals surface area contributed by atoms with Crippen molar-refractivity contribution in [1.29, 1.82) is 0 Å². The van der Waals surface area contributed by atoms with Crippen molar-refractivity contribution in [3.05, 3.63) is 22.7 Å². The minimum absolute atomic E-state index is 0.0321. The Morgan fingerprint density at radius 1 is 1.04 bits per heavy atom. The zero-order chi connectivity index (χ0) is 17.9. The lowest BCUT2D eigenvalue weighted by Gasteiger charge is -2.28. The largest absolute Gasteiger partial charge is 0.454 e. The Kier molecular flexibility index (Phi) is 5.55. The van der Waals surface area contributed by atoms with Gasteiger partial charge in [0.25, 0.3) is 5.91 Å². The summed E-state index contributed by atoms with van der Waals surface area (Å²) in [5, 5.41) is 0.442. The van der Waals surface area contributed by atoms with Gasteiger partial charge in [0.15, 0.2) is 11.5 Å². The van der Waals surface area contributed by atoms with E-state index < -0.39 is 0 Å². The number of ether oxygens (including phenoxy) is 2. The standard InChI is InChI=1S/C20H27ClN2O3/c21-17-11-16(12-18-19(17)26-14-25-18)20(24)23-8-4-7-22(9-10-23)13-15-5-2-1-3-6-15/h11-12,15H,1-10,13-14H2. The van der Waals surface area contributed by atoms with Crippen LogP contribution in [0.3, 0.4) is 0 Å². The van der Waals surface area contributed by atoms with Gasteiger partial charge < -0.3 is 19.3 Å². The molecule has 5 nitrogen and oxygen atoms in total. The molecule has 1 aliphatic carbocycles. The summed E-state index contributed by atoms with van der Waals surface area (Å²) >= 11 is 6.24. The summed E-state index contributed by atoms with van der Waals surface area (Å²) < 4.78 is 10.7. The Bertz CT molecular complexity index is 661. The highest BCUT2D eigenvalue weighted by Crippen LogP contribution is 2.40. The summed E-state index contributed by atoms with van der Waals surface area (Å²) in [5.74, 6) is 1.98. The fraction of sp³-hybridized carbons (Fsp3) is 0.650. The Morgan fingerprint density at radius 2 is 1.88 bits per heavy atom. The van der Waals surface area contributed by atoms with Crippen molar-refractivity contribution in [3.63, 3.8) is 0 Å². The van der Waals surface area contributed by atoms with E-state index in [0.717, 1.165) is 38.5 Å². The minimum atomic E-state index is 0.0321. The smallest absolute Gasteiger partial charge is 0.254 e. The van der Waals surface area contributed by atoms with Crippen LogP contribution in [-0.2, 0) is 0 Å². The maximum absolute atomic E-state index is 13.0. The first-order chi connectivity index (χ1) is 12.7. The molecule has 1 aromatic rings. The van der Waals surface area contributed by atoms with E-state index in [-0.39, 0.29) is 12.7 Å². The van der Waals surface area contributed by atoms with Crippen LogP contribution in [0.2, 0.25) is 5.02 Å². The average molecular weight is 379 g/mol. The molecule has 6 heteroatoms. The summed E-state index contributed by atoms with van der Waals surface area (Å²) in [6, 6.07) is 3.45. The Hall–Kier alpha value is -1.46. The number of benzene rings is 1. The molecule has 0 unspecified atom stereocenters. The molecule has 0 radical (unpaired) electrons. The fourth-order valence-electron chi connectivity index (χ4n) is 4.36. The van der Waals surface area contributed by atoms with Crippen molar-refractivity contribution < 1.29 is 14.3 Å². The van der Waals surface area contributed by atoms with Crippen LogP contribution in [0.1, 0.15) is 48.9 Å². The number of hydrogen-bond acceptors (Lipinski definition) is 4. The lowest BCUT2D eigenvalue weighted by Crippen LogP contribution is -2.36. The molecule has 1 amide bonds. The molecule has 142 valence electrons. The van der Waals surface area contributed by atoms with Crippen molar-refractivity contribution >= 4 is 17.5 Å². The van der Waals surface area contributed by atoms with Crippen LogP contribution < -0.4 is 9.47 Å². The molecule has 0 spiro atoms. The summed E-state index contributed by atoms with van der Waals surface area (Å²) in [5.41, 5.74) is 0.583. The van der Waals surface area contributed by atoms with Gasteiger partial charge in [-0.1, -0.05) is 30.9 Å².